The number of pyridine rings is 1. The fraction of sp³-hybridized carbons (Fsp3) is 0.350. The summed E-state index contributed by atoms with van der Waals surface area (Å²) in [4.78, 5) is 0. The molecule has 2 aromatic heterocycles. The van der Waals surface area contributed by atoms with Crippen LogP contribution in [0, 0.1) is 13.8 Å². The molecule has 1 aliphatic carbocycles. The molecule has 1 saturated carbocycles. The Morgan fingerprint density at radius 2 is 1.68 bits per heavy atom. The molecular weight excluding hydrogens is 268 g/mol. The molecule has 0 saturated heterocycles. The third kappa shape index (κ3) is 1.98. The SMILES string of the molecule is Cc1ccccc1-n1c(C)c(C2CCCC2)[n+]2ccccc12. The molecule has 22 heavy (non-hydrogen) atoms. The molecule has 2 heterocycles. The minimum atomic E-state index is 0.708. The van der Waals surface area contributed by atoms with Gasteiger partial charge in [0.1, 0.15) is 11.4 Å². The summed E-state index contributed by atoms with van der Waals surface area (Å²) in [6, 6.07) is 15.2. The maximum absolute atomic E-state index is 2.43. The van der Waals surface area contributed by atoms with E-state index in [0.717, 1.165) is 0 Å². The smallest absolute Gasteiger partial charge is 0.199 e. The number of rotatable bonds is 2. The highest BCUT2D eigenvalue weighted by atomic mass is 15.1. The maximum Gasteiger partial charge on any atom is 0.291 e. The molecule has 0 amide bonds. The van der Waals surface area contributed by atoms with Gasteiger partial charge >= 0.3 is 0 Å². The first kappa shape index (κ1) is 13.6. The van der Waals surface area contributed by atoms with Crippen molar-refractivity contribution in [3.05, 3.63) is 65.6 Å². The number of para-hydroxylation sites is 1. The van der Waals surface area contributed by atoms with Crippen LogP contribution in [0.3, 0.4) is 0 Å². The summed E-state index contributed by atoms with van der Waals surface area (Å²) in [6.45, 7) is 4.48. The van der Waals surface area contributed by atoms with Gasteiger partial charge < -0.3 is 0 Å². The average molecular weight is 291 g/mol. The third-order valence-electron chi connectivity index (χ3n) is 5.13. The summed E-state index contributed by atoms with van der Waals surface area (Å²) in [5.74, 6) is 0.708. The largest absolute Gasteiger partial charge is 0.291 e. The number of aryl methyl sites for hydroxylation is 1. The summed E-state index contributed by atoms with van der Waals surface area (Å²) in [6.07, 6.45) is 7.62. The Balaban J connectivity index is 2.03. The highest BCUT2D eigenvalue weighted by Gasteiger charge is 2.31. The number of fused-ring (bicyclic) bond motifs is 1. The van der Waals surface area contributed by atoms with Crippen LogP contribution in [0.2, 0.25) is 0 Å². The van der Waals surface area contributed by atoms with E-state index in [9.17, 15) is 0 Å². The van der Waals surface area contributed by atoms with Gasteiger partial charge in [-0.15, -0.1) is 0 Å². The van der Waals surface area contributed by atoms with E-state index in [1.54, 1.807) is 0 Å². The number of hydrogen-bond acceptors (Lipinski definition) is 0. The van der Waals surface area contributed by atoms with E-state index in [4.69, 9.17) is 0 Å². The van der Waals surface area contributed by atoms with Gasteiger partial charge in [-0.25, -0.2) is 0 Å². The van der Waals surface area contributed by atoms with Gasteiger partial charge in [0.2, 0.25) is 0 Å². The van der Waals surface area contributed by atoms with Crippen molar-refractivity contribution < 1.29 is 4.40 Å². The Hall–Kier alpha value is -2.09. The molecule has 2 heteroatoms. The third-order valence-corrected chi connectivity index (χ3v) is 5.13. The Morgan fingerprint density at radius 3 is 2.45 bits per heavy atom. The van der Waals surface area contributed by atoms with Crippen molar-refractivity contribution in [1.29, 1.82) is 0 Å². The predicted molar refractivity (Wildman–Crippen MR) is 89.6 cm³/mol. The van der Waals surface area contributed by atoms with Crippen molar-refractivity contribution in [3.8, 4) is 5.69 Å². The molecule has 1 aliphatic rings. The molecular formula is C20H23N2+. The molecule has 0 unspecified atom stereocenters. The van der Waals surface area contributed by atoms with Crippen molar-refractivity contribution >= 4 is 5.65 Å². The molecule has 0 radical (unpaired) electrons. The van der Waals surface area contributed by atoms with Gasteiger partial charge in [-0.2, -0.15) is 8.97 Å². The van der Waals surface area contributed by atoms with Crippen LogP contribution in [0.15, 0.2) is 48.7 Å². The van der Waals surface area contributed by atoms with Crippen LogP contribution in [0.4, 0.5) is 0 Å². The molecule has 0 N–H and O–H groups in total. The normalized spacial score (nSPS) is 15.7. The summed E-state index contributed by atoms with van der Waals surface area (Å²) in [5.41, 5.74) is 6.80. The van der Waals surface area contributed by atoms with Crippen molar-refractivity contribution in [2.75, 3.05) is 0 Å². The molecule has 0 bridgehead atoms. The summed E-state index contributed by atoms with van der Waals surface area (Å²) >= 11 is 0. The van der Waals surface area contributed by atoms with E-state index in [1.807, 2.05) is 0 Å². The molecule has 0 aliphatic heterocycles. The van der Waals surface area contributed by atoms with Gasteiger partial charge in [0.25, 0.3) is 5.65 Å². The average Bonchev–Trinajstić information content (AvgIpc) is 3.13. The Labute approximate surface area is 132 Å². The minimum absolute atomic E-state index is 0.708. The van der Waals surface area contributed by atoms with E-state index in [0.29, 0.717) is 5.92 Å². The van der Waals surface area contributed by atoms with Gasteiger partial charge in [0, 0.05) is 18.9 Å². The summed E-state index contributed by atoms with van der Waals surface area (Å²) in [7, 11) is 0. The molecule has 1 fully saturated rings. The number of imidazole rings is 1. The van der Waals surface area contributed by atoms with Gasteiger partial charge in [-0.3, -0.25) is 0 Å². The van der Waals surface area contributed by atoms with E-state index < -0.39 is 0 Å². The molecule has 0 spiro atoms. The number of hydrogen-bond donors (Lipinski definition) is 0. The highest BCUT2D eigenvalue weighted by Crippen LogP contribution is 2.35. The number of benzene rings is 1. The van der Waals surface area contributed by atoms with Crippen LogP contribution >= 0.6 is 0 Å². The van der Waals surface area contributed by atoms with E-state index in [2.05, 4.69) is 71.5 Å². The summed E-state index contributed by atoms with van der Waals surface area (Å²) in [5, 5.41) is 0. The Bertz CT molecular complexity index is 823. The monoisotopic (exact) mass is 291 g/mol. The minimum Gasteiger partial charge on any atom is -0.199 e. The molecule has 4 rings (SSSR count). The van der Waals surface area contributed by atoms with E-state index in [1.165, 1.54) is 54.0 Å². The lowest BCUT2D eigenvalue weighted by atomic mass is 10.0. The van der Waals surface area contributed by atoms with E-state index >= 15 is 0 Å². The fourth-order valence-corrected chi connectivity index (χ4v) is 4.09. The quantitative estimate of drug-likeness (QED) is 0.615. The van der Waals surface area contributed by atoms with Crippen molar-refractivity contribution in [3.63, 3.8) is 0 Å². The maximum atomic E-state index is 2.43. The van der Waals surface area contributed by atoms with E-state index in [-0.39, 0.29) is 0 Å². The predicted octanol–water partition coefficient (Wildman–Crippen LogP) is 4.49. The van der Waals surface area contributed by atoms with Crippen molar-refractivity contribution in [2.45, 2.75) is 45.4 Å². The molecule has 0 atom stereocenters. The highest BCUT2D eigenvalue weighted by molar-refractivity contribution is 5.51. The van der Waals surface area contributed by atoms with Crippen molar-refractivity contribution in [2.24, 2.45) is 0 Å². The van der Waals surface area contributed by atoms with Crippen LogP contribution in [-0.4, -0.2) is 4.57 Å². The number of nitrogens with zero attached hydrogens (tertiary/aromatic N) is 2. The van der Waals surface area contributed by atoms with Gasteiger partial charge in [0.05, 0.1) is 6.20 Å². The first-order valence-corrected chi connectivity index (χ1v) is 8.35. The van der Waals surface area contributed by atoms with Crippen LogP contribution < -0.4 is 4.40 Å². The van der Waals surface area contributed by atoms with Crippen LogP contribution in [-0.2, 0) is 0 Å². The zero-order valence-corrected chi connectivity index (χ0v) is 13.4. The van der Waals surface area contributed by atoms with Gasteiger partial charge in [-0.05, 0) is 37.5 Å². The lowest BCUT2D eigenvalue weighted by molar-refractivity contribution is -0.522. The zero-order valence-electron chi connectivity index (χ0n) is 13.4. The Kier molecular flexibility index (Phi) is 3.25. The topological polar surface area (TPSA) is 9.03 Å². The second-order valence-corrected chi connectivity index (χ2v) is 6.50. The second-order valence-electron chi connectivity index (χ2n) is 6.50. The lowest BCUT2D eigenvalue weighted by Crippen LogP contribution is -2.25. The van der Waals surface area contributed by atoms with Gasteiger partial charge in [-0.1, -0.05) is 37.1 Å². The molecule has 112 valence electrons. The first-order valence-electron chi connectivity index (χ1n) is 8.35. The Morgan fingerprint density at radius 1 is 0.955 bits per heavy atom. The molecule has 1 aromatic carbocycles. The number of aromatic nitrogens is 2. The molecule has 3 aromatic rings. The molecule has 2 nitrogen and oxygen atoms in total. The van der Waals surface area contributed by atoms with Crippen LogP contribution in [0.5, 0.6) is 0 Å². The van der Waals surface area contributed by atoms with Crippen LogP contribution in [0.25, 0.3) is 11.3 Å². The van der Waals surface area contributed by atoms with Crippen molar-refractivity contribution in [1.82, 2.24) is 4.57 Å². The lowest BCUT2D eigenvalue weighted by Gasteiger charge is -2.06. The fourth-order valence-electron chi connectivity index (χ4n) is 4.09. The first-order chi connectivity index (χ1) is 10.8. The van der Waals surface area contributed by atoms with Crippen LogP contribution in [0.1, 0.15) is 48.6 Å². The van der Waals surface area contributed by atoms with Gasteiger partial charge in [0.15, 0.2) is 5.69 Å². The standard InChI is InChI=1S/C20H23N2/c1-15-9-3-6-12-18(15)22-16(2)20(17-10-4-5-11-17)21-14-8-7-13-19(21)22/h3,6-9,12-14,17H,4-5,10-11H2,1-2H3/q+1. The zero-order chi connectivity index (χ0) is 15.1. The second kappa shape index (κ2) is 5.28. The summed E-state index contributed by atoms with van der Waals surface area (Å²) < 4.78 is 4.85.